The molecular weight excluding hydrogens is 214 g/mol. The molecule has 1 aliphatic rings. The molecule has 1 atom stereocenters. The molecule has 3 nitrogen and oxygen atoms in total. The first-order valence-corrected chi connectivity index (χ1v) is 6.42. The molecule has 1 heterocycles. The van der Waals surface area contributed by atoms with E-state index in [-0.39, 0.29) is 6.10 Å². The van der Waals surface area contributed by atoms with Crippen molar-refractivity contribution in [1.82, 2.24) is 0 Å². The minimum absolute atomic E-state index is 0.297. The van der Waals surface area contributed by atoms with Gasteiger partial charge in [-0.3, -0.25) is 0 Å². The molecule has 17 heavy (non-hydrogen) atoms. The maximum absolute atomic E-state index is 9.94. The Morgan fingerprint density at radius 3 is 3.06 bits per heavy atom. The Morgan fingerprint density at radius 2 is 2.24 bits per heavy atom. The number of benzene rings is 1. The second-order valence-electron chi connectivity index (χ2n) is 4.40. The average Bonchev–Trinajstić information content (AvgIpc) is 2.37. The Bertz CT molecular complexity index is 354. The molecule has 2 rings (SSSR count). The zero-order valence-corrected chi connectivity index (χ0v) is 10.4. The van der Waals surface area contributed by atoms with Crippen molar-refractivity contribution in [2.75, 3.05) is 31.2 Å². The van der Waals surface area contributed by atoms with Crippen molar-refractivity contribution in [3.05, 3.63) is 29.8 Å². The molecule has 0 amide bonds. The van der Waals surface area contributed by atoms with Crippen LogP contribution in [0.1, 0.15) is 31.4 Å². The molecule has 0 fully saturated rings. The summed E-state index contributed by atoms with van der Waals surface area (Å²) >= 11 is 0. The van der Waals surface area contributed by atoms with E-state index in [1.165, 1.54) is 5.69 Å². The Labute approximate surface area is 103 Å². The van der Waals surface area contributed by atoms with Gasteiger partial charge in [0.05, 0.1) is 6.10 Å². The summed E-state index contributed by atoms with van der Waals surface area (Å²) in [6.45, 7) is 5.56. The fourth-order valence-electron chi connectivity index (χ4n) is 2.35. The molecule has 0 saturated heterocycles. The van der Waals surface area contributed by atoms with Crippen LogP contribution < -0.4 is 4.90 Å². The normalized spacial score (nSPS) is 19.2. The highest BCUT2D eigenvalue weighted by Crippen LogP contribution is 2.33. The summed E-state index contributed by atoms with van der Waals surface area (Å²) in [5, 5.41) is 9.94. The number of hydrogen-bond donors (Lipinski definition) is 1. The third-order valence-corrected chi connectivity index (χ3v) is 3.23. The smallest absolute Gasteiger partial charge is 0.0826 e. The van der Waals surface area contributed by atoms with Crippen LogP contribution >= 0.6 is 0 Å². The highest BCUT2D eigenvalue weighted by atomic mass is 16.5. The van der Waals surface area contributed by atoms with E-state index in [2.05, 4.69) is 11.0 Å². The van der Waals surface area contributed by atoms with Gasteiger partial charge in [0.1, 0.15) is 0 Å². The quantitative estimate of drug-likeness (QED) is 0.795. The molecule has 1 aromatic carbocycles. The number of anilines is 1. The standard InChI is InChI=1S/C14H21NO2/c1-2-17-11-5-9-15-10-8-14(16)12-6-3-4-7-13(12)15/h3-4,6-7,14,16H,2,5,8-11H2,1H3. The van der Waals surface area contributed by atoms with Crippen LogP contribution in [-0.4, -0.2) is 31.4 Å². The van der Waals surface area contributed by atoms with Gasteiger partial charge < -0.3 is 14.7 Å². The van der Waals surface area contributed by atoms with Gasteiger partial charge in [0.15, 0.2) is 0 Å². The number of hydrogen-bond acceptors (Lipinski definition) is 3. The summed E-state index contributed by atoms with van der Waals surface area (Å²) in [5.41, 5.74) is 2.25. The first-order chi connectivity index (χ1) is 8.33. The fraction of sp³-hybridized carbons (Fsp3) is 0.571. The summed E-state index contributed by atoms with van der Waals surface area (Å²) in [5.74, 6) is 0. The fourth-order valence-corrected chi connectivity index (χ4v) is 2.35. The lowest BCUT2D eigenvalue weighted by Gasteiger charge is -2.33. The highest BCUT2D eigenvalue weighted by Gasteiger charge is 2.22. The van der Waals surface area contributed by atoms with Crippen LogP contribution in [0.15, 0.2) is 24.3 Å². The van der Waals surface area contributed by atoms with E-state index in [0.717, 1.165) is 44.7 Å². The van der Waals surface area contributed by atoms with E-state index in [9.17, 15) is 5.11 Å². The van der Waals surface area contributed by atoms with Gasteiger partial charge in [-0.15, -0.1) is 0 Å². The molecule has 94 valence electrons. The Kier molecular flexibility index (Phi) is 4.40. The van der Waals surface area contributed by atoms with E-state index in [4.69, 9.17) is 4.74 Å². The average molecular weight is 235 g/mol. The molecule has 1 unspecified atom stereocenters. The topological polar surface area (TPSA) is 32.7 Å². The van der Waals surface area contributed by atoms with Crippen molar-refractivity contribution in [2.24, 2.45) is 0 Å². The third-order valence-electron chi connectivity index (χ3n) is 3.23. The number of aliphatic hydroxyl groups is 1. The molecule has 1 aliphatic heterocycles. The van der Waals surface area contributed by atoms with Gasteiger partial charge in [-0.2, -0.15) is 0 Å². The van der Waals surface area contributed by atoms with E-state index >= 15 is 0 Å². The van der Waals surface area contributed by atoms with Crippen LogP contribution in [0.5, 0.6) is 0 Å². The van der Waals surface area contributed by atoms with Crippen molar-refractivity contribution < 1.29 is 9.84 Å². The molecular formula is C14H21NO2. The van der Waals surface area contributed by atoms with E-state index < -0.39 is 0 Å². The van der Waals surface area contributed by atoms with Crippen molar-refractivity contribution in [1.29, 1.82) is 0 Å². The molecule has 0 saturated carbocycles. The first-order valence-electron chi connectivity index (χ1n) is 6.42. The maximum atomic E-state index is 9.94. The largest absolute Gasteiger partial charge is 0.388 e. The predicted octanol–water partition coefficient (Wildman–Crippen LogP) is 2.36. The SMILES string of the molecule is CCOCCCN1CCC(O)c2ccccc21. The van der Waals surface area contributed by atoms with Crippen LogP contribution in [0.25, 0.3) is 0 Å². The lowest BCUT2D eigenvalue weighted by molar-refractivity contribution is 0.144. The molecule has 1 aromatic rings. The zero-order chi connectivity index (χ0) is 12.1. The Morgan fingerprint density at radius 1 is 1.41 bits per heavy atom. The molecule has 3 heteroatoms. The molecule has 0 radical (unpaired) electrons. The van der Waals surface area contributed by atoms with Crippen LogP contribution in [0, 0.1) is 0 Å². The lowest BCUT2D eigenvalue weighted by Crippen LogP contribution is -2.32. The summed E-state index contributed by atoms with van der Waals surface area (Å²) in [4.78, 5) is 2.35. The summed E-state index contributed by atoms with van der Waals surface area (Å²) < 4.78 is 5.36. The van der Waals surface area contributed by atoms with Crippen LogP contribution in [0.3, 0.4) is 0 Å². The van der Waals surface area contributed by atoms with Gasteiger partial charge >= 0.3 is 0 Å². The summed E-state index contributed by atoms with van der Waals surface area (Å²) in [6, 6.07) is 8.14. The van der Waals surface area contributed by atoms with Crippen LogP contribution in [0.2, 0.25) is 0 Å². The third kappa shape index (κ3) is 2.99. The highest BCUT2D eigenvalue weighted by molar-refractivity contribution is 5.56. The van der Waals surface area contributed by atoms with Gasteiger partial charge in [0, 0.05) is 37.6 Å². The molecule has 0 aliphatic carbocycles. The Balaban J connectivity index is 1.98. The number of ether oxygens (including phenoxy) is 1. The van der Waals surface area contributed by atoms with E-state index in [1.807, 2.05) is 25.1 Å². The monoisotopic (exact) mass is 235 g/mol. The second kappa shape index (κ2) is 6.03. The number of aliphatic hydroxyl groups excluding tert-OH is 1. The summed E-state index contributed by atoms with van der Waals surface area (Å²) in [6.07, 6.45) is 1.57. The number of nitrogens with zero attached hydrogens (tertiary/aromatic N) is 1. The lowest BCUT2D eigenvalue weighted by atomic mass is 9.99. The van der Waals surface area contributed by atoms with Crippen LogP contribution in [0.4, 0.5) is 5.69 Å². The van der Waals surface area contributed by atoms with Crippen LogP contribution in [-0.2, 0) is 4.74 Å². The molecule has 0 aromatic heterocycles. The number of para-hydroxylation sites is 1. The molecule has 1 N–H and O–H groups in total. The first kappa shape index (κ1) is 12.4. The summed E-state index contributed by atoms with van der Waals surface area (Å²) in [7, 11) is 0. The van der Waals surface area contributed by atoms with Crippen molar-refractivity contribution in [2.45, 2.75) is 25.9 Å². The second-order valence-corrected chi connectivity index (χ2v) is 4.40. The van der Waals surface area contributed by atoms with E-state index in [0.29, 0.717) is 0 Å². The van der Waals surface area contributed by atoms with Crippen molar-refractivity contribution in [3.8, 4) is 0 Å². The predicted molar refractivity (Wildman–Crippen MR) is 69.3 cm³/mol. The number of rotatable bonds is 5. The molecule has 0 bridgehead atoms. The van der Waals surface area contributed by atoms with E-state index in [1.54, 1.807) is 0 Å². The molecule has 0 spiro atoms. The zero-order valence-electron chi connectivity index (χ0n) is 10.4. The minimum Gasteiger partial charge on any atom is -0.388 e. The van der Waals surface area contributed by atoms with Crippen molar-refractivity contribution >= 4 is 5.69 Å². The van der Waals surface area contributed by atoms with Crippen molar-refractivity contribution in [3.63, 3.8) is 0 Å². The van der Waals surface area contributed by atoms with Gasteiger partial charge in [0.2, 0.25) is 0 Å². The number of fused-ring (bicyclic) bond motifs is 1. The minimum atomic E-state index is -0.297. The van der Waals surface area contributed by atoms with Gasteiger partial charge in [-0.25, -0.2) is 0 Å². The van der Waals surface area contributed by atoms with Gasteiger partial charge in [0.25, 0.3) is 0 Å². The Hall–Kier alpha value is -1.06. The maximum Gasteiger partial charge on any atom is 0.0826 e. The van der Waals surface area contributed by atoms with Gasteiger partial charge in [-0.1, -0.05) is 18.2 Å². The van der Waals surface area contributed by atoms with Gasteiger partial charge in [-0.05, 0) is 25.8 Å².